The molecule has 1 saturated carbocycles. The van der Waals surface area contributed by atoms with E-state index >= 15 is 0 Å². The molecule has 0 bridgehead atoms. The molecule has 1 heterocycles. The van der Waals surface area contributed by atoms with E-state index in [2.05, 4.69) is 15.6 Å². The molecule has 1 aliphatic rings. The molecule has 1 aliphatic carbocycles. The normalized spacial score (nSPS) is 16.1. The Morgan fingerprint density at radius 1 is 1.06 bits per heavy atom. The Morgan fingerprint density at radius 3 is 2.47 bits per heavy atom. The summed E-state index contributed by atoms with van der Waals surface area (Å²) in [4.78, 5) is 36.9. The summed E-state index contributed by atoms with van der Waals surface area (Å²) in [5.41, 5.74) is 1.13. The SMILES string of the molecule is O=C(Nc1ccc([C@@H](O)[C@H](CCn2nnc3ccccc3c2=O)C(=O)O)cc1)C1CCCCC1. The highest BCUT2D eigenvalue weighted by Crippen LogP contribution is 2.28. The lowest BCUT2D eigenvalue weighted by Gasteiger charge is -2.21. The number of fused-ring (bicyclic) bond motifs is 1. The largest absolute Gasteiger partial charge is 0.481 e. The molecule has 2 aromatic carbocycles. The topological polar surface area (TPSA) is 134 Å². The lowest BCUT2D eigenvalue weighted by molar-refractivity contribution is -0.146. The minimum atomic E-state index is -1.29. The summed E-state index contributed by atoms with van der Waals surface area (Å²) in [5.74, 6) is -2.30. The van der Waals surface area contributed by atoms with Crippen LogP contribution in [0.2, 0.25) is 0 Å². The number of carboxylic acids is 1. The molecular weight excluding hydrogens is 436 g/mol. The quantitative estimate of drug-likeness (QED) is 0.466. The fraction of sp³-hybridized carbons (Fsp3) is 0.400. The average Bonchev–Trinajstić information content (AvgIpc) is 2.86. The Labute approximate surface area is 196 Å². The van der Waals surface area contributed by atoms with Gasteiger partial charge in [-0.1, -0.05) is 48.7 Å². The van der Waals surface area contributed by atoms with Crippen molar-refractivity contribution in [2.24, 2.45) is 11.8 Å². The number of benzene rings is 2. The Kier molecular flexibility index (Phi) is 7.32. The van der Waals surface area contributed by atoms with E-state index in [1.807, 2.05) is 0 Å². The smallest absolute Gasteiger partial charge is 0.309 e. The van der Waals surface area contributed by atoms with Gasteiger partial charge in [0.1, 0.15) is 5.52 Å². The van der Waals surface area contributed by atoms with Crippen molar-refractivity contribution >= 4 is 28.5 Å². The summed E-state index contributed by atoms with van der Waals surface area (Å²) in [7, 11) is 0. The molecule has 2 atom stereocenters. The van der Waals surface area contributed by atoms with Gasteiger partial charge in [-0.25, -0.2) is 4.68 Å². The van der Waals surface area contributed by atoms with Crippen molar-refractivity contribution in [2.75, 3.05) is 5.32 Å². The summed E-state index contributed by atoms with van der Waals surface area (Å²) >= 11 is 0. The molecule has 0 radical (unpaired) electrons. The zero-order valence-corrected chi connectivity index (χ0v) is 18.8. The van der Waals surface area contributed by atoms with Gasteiger partial charge in [0.25, 0.3) is 5.56 Å². The minimum Gasteiger partial charge on any atom is -0.481 e. The van der Waals surface area contributed by atoms with Gasteiger partial charge in [0, 0.05) is 18.2 Å². The lowest BCUT2D eigenvalue weighted by atomic mass is 9.88. The van der Waals surface area contributed by atoms with Crippen molar-refractivity contribution in [2.45, 2.75) is 51.2 Å². The third kappa shape index (κ3) is 5.31. The van der Waals surface area contributed by atoms with Crippen LogP contribution in [0.3, 0.4) is 0 Å². The molecule has 0 unspecified atom stereocenters. The average molecular weight is 465 g/mol. The molecule has 9 nitrogen and oxygen atoms in total. The number of aromatic nitrogens is 3. The van der Waals surface area contributed by atoms with Crippen LogP contribution in [-0.2, 0) is 16.1 Å². The second-order valence-corrected chi connectivity index (χ2v) is 8.76. The number of aliphatic hydroxyl groups is 1. The Balaban J connectivity index is 1.42. The van der Waals surface area contributed by atoms with Gasteiger partial charge in [-0.2, -0.15) is 0 Å². The van der Waals surface area contributed by atoms with Crippen LogP contribution >= 0.6 is 0 Å². The first-order chi connectivity index (χ1) is 16.4. The maximum absolute atomic E-state index is 12.6. The van der Waals surface area contributed by atoms with E-state index in [0.29, 0.717) is 22.2 Å². The summed E-state index contributed by atoms with van der Waals surface area (Å²) in [6, 6.07) is 13.3. The number of hydrogen-bond donors (Lipinski definition) is 3. The molecule has 3 N–H and O–H groups in total. The highest BCUT2D eigenvalue weighted by atomic mass is 16.4. The summed E-state index contributed by atoms with van der Waals surface area (Å²) in [5, 5.41) is 31.7. The number of aliphatic carboxylic acids is 1. The zero-order valence-electron chi connectivity index (χ0n) is 18.8. The van der Waals surface area contributed by atoms with E-state index in [4.69, 9.17) is 0 Å². The zero-order chi connectivity index (χ0) is 24.1. The molecule has 1 fully saturated rings. The number of carboxylic acid groups (broad SMARTS) is 1. The first-order valence-electron chi connectivity index (χ1n) is 11.6. The van der Waals surface area contributed by atoms with Gasteiger partial charge in [-0.15, -0.1) is 5.10 Å². The van der Waals surface area contributed by atoms with Crippen molar-refractivity contribution in [1.82, 2.24) is 15.0 Å². The van der Waals surface area contributed by atoms with Crippen LogP contribution in [-0.4, -0.2) is 37.1 Å². The Bertz CT molecular complexity index is 1220. The number of rotatable bonds is 8. The maximum Gasteiger partial charge on any atom is 0.309 e. The molecular formula is C25H28N4O5. The monoisotopic (exact) mass is 464 g/mol. The lowest BCUT2D eigenvalue weighted by Crippen LogP contribution is -2.29. The Morgan fingerprint density at radius 2 is 1.76 bits per heavy atom. The van der Waals surface area contributed by atoms with E-state index in [9.17, 15) is 24.6 Å². The second kappa shape index (κ2) is 10.6. The maximum atomic E-state index is 12.6. The predicted molar refractivity (Wildman–Crippen MR) is 126 cm³/mol. The minimum absolute atomic E-state index is 0.000222. The molecule has 9 heteroatoms. The van der Waals surface area contributed by atoms with Gasteiger partial charge in [-0.05, 0) is 49.1 Å². The third-order valence-corrected chi connectivity index (χ3v) is 6.48. The third-order valence-electron chi connectivity index (χ3n) is 6.48. The molecule has 178 valence electrons. The number of carbonyl (C=O) groups is 2. The molecule has 0 saturated heterocycles. The number of anilines is 1. The number of carbonyl (C=O) groups excluding carboxylic acids is 1. The van der Waals surface area contributed by atoms with Crippen LogP contribution in [0, 0.1) is 11.8 Å². The van der Waals surface area contributed by atoms with Crippen molar-refractivity contribution in [3.05, 3.63) is 64.4 Å². The second-order valence-electron chi connectivity index (χ2n) is 8.76. The van der Waals surface area contributed by atoms with Gasteiger partial charge >= 0.3 is 5.97 Å². The number of aryl methyl sites for hydroxylation is 1. The Hall–Kier alpha value is -3.59. The van der Waals surface area contributed by atoms with E-state index in [0.717, 1.165) is 30.4 Å². The number of hydrogen-bond acceptors (Lipinski definition) is 6. The highest BCUT2D eigenvalue weighted by Gasteiger charge is 2.28. The van der Waals surface area contributed by atoms with Crippen molar-refractivity contribution in [1.29, 1.82) is 0 Å². The first-order valence-corrected chi connectivity index (χ1v) is 11.6. The van der Waals surface area contributed by atoms with Crippen molar-refractivity contribution in [3.8, 4) is 0 Å². The number of aliphatic hydroxyl groups excluding tert-OH is 1. The molecule has 4 rings (SSSR count). The van der Waals surface area contributed by atoms with Gasteiger partial charge in [0.15, 0.2) is 0 Å². The summed E-state index contributed by atoms with van der Waals surface area (Å²) in [6.45, 7) is 0.000222. The molecule has 34 heavy (non-hydrogen) atoms. The van der Waals surface area contributed by atoms with Crippen LogP contribution in [0.4, 0.5) is 5.69 Å². The highest BCUT2D eigenvalue weighted by molar-refractivity contribution is 5.92. The van der Waals surface area contributed by atoms with Gasteiger partial charge in [-0.3, -0.25) is 14.4 Å². The van der Waals surface area contributed by atoms with Gasteiger partial charge in [0.05, 0.1) is 17.4 Å². The van der Waals surface area contributed by atoms with E-state index < -0.39 is 18.0 Å². The summed E-state index contributed by atoms with van der Waals surface area (Å²) < 4.78 is 1.12. The van der Waals surface area contributed by atoms with Crippen molar-refractivity contribution in [3.63, 3.8) is 0 Å². The predicted octanol–water partition coefficient (Wildman–Crippen LogP) is 3.13. The number of nitrogens with zero attached hydrogens (tertiary/aromatic N) is 3. The number of amides is 1. The van der Waals surface area contributed by atoms with Crippen molar-refractivity contribution < 1.29 is 19.8 Å². The molecule has 3 aromatic rings. The van der Waals surface area contributed by atoms with E-state index in [1.165, 1.54) is 6.42 Å². The summed E-state index contributed by atoms with van der Waals surface area (Å²) in [6.07, 6.45) is 3.80. The molecule has 1 aromatic heterocycles. The fourth-order valence-corrected chi connectivity index (χ4v) is 4.45. The van der Waals surface area contributed by atoms with Gasteiger partial charge < -0.3 is 15.5 Å². The standard InChI is InChI=1S/C25H28N4O5/c30-22(16-10-12-18(13-11-16)26-23(31)17-6-2-1-3-7-17)20(25(33)34)14-15-29-24(32)19-8-4-5-9-21(19)27-28-29/h4-5,8-13,17,20,22,30H,1-3,6-7,14-15H2,(H,26,31)(H,33,34)/t20-,22+/m0/s1. The molecule has 0 spiro atoms. The molecule has 0 aliphatic heterocycles. The van der Waals surface area contributed by atoms with Crippen LogP contribution in [0.5, 0.6) is 0 Å². The van der Waals surface area contributed by atoms with Gasteiger partial charge in [0.2, 0.25) is 5.91 Å². The molecule has 1 amide bonds. The van der Waals surface area contributed by atoms with E-state index in [1.54, 1.807) is 48.5 Å². The fourth-order valence-electron chi connectivity index (χ4n) is 4.45. The van der Waals surface area contributed by atoms with Crippen LogP contribution in [0.25, 0.3) is 10.9 Å². The first kappa shape index (κ1) is 23.6. The number of nitrogens with one attached hydrogen (secondary N) is 1. The van der Waals surface area contributed by atoms with Crippen LogP contribution in [0.15, 0.2) is 53.3 Å². The van der Waals surface area contributed by atoms with E-state index in [-0.39, 0.29) is 30.3 Å². The van der Waals surface area contributed by atoms with Crippen LogP contribution in [0.1, 0.15) is 50.2 Å². The van der Waals surface area contributed by atoms with Crippen LogP contribution < -0.4 is 10.9 Å².